The first-order valence-electron chi connectivity index (χ1n) is 6.73. The van der Waals surface area contributed by atoms with E-state index in [0.717, 1.165) is 43.8 Å². The second-order valence-electron chi connectivity index (χ2n) is 5.58. The second kappa shape index (κ2) is 6.05. The molecule has 0 saturated heterocycles. The van der Waals surface area contributed by atoms with Crippen molar-refractivity contribution in [1.82, 2.24) is 4.90 Å². The monoisotopic (exact) mass is 267 g/mol. The van der Waals surface area contributed by atoms with Crippen LogP contribution in [0.5, 0.6) is 0 Å². The number of aliphatic hydroxyl groups is 1. The summed E-state index contributed by atoms with van der Waals surface area (Å²) in [7, 11) is 2.07. The average Bonchev–Trinajstić information content (AvgIpc) is 2.32. The van der Waals surface area contributed by atoms with Crippen molar-refractivity contribution in [2.75, 3.05) is 13.6 Å². The number of halogens is 1. The Morgan fingerprint density at radius 1 is 1.17 bits per heavy atom. The number of hydrogen-bond acceptors (Lipinski definition) is 2. The molecule has 1 aromatic rings. The molecular formula is C15H22ClNO. The van der Waals surface area contributed by atoms with Crippen molar-refractivity contribution >= 4 is 11.6 Å². The van der Waals surface area contributed by atoms with Gasteiger partial charge >= 0.3 is 0 Å². The van der Waals surface area contributed by atoms with Crippen LogP contribution in [0, 0.1) is 0 Å². The molecule has 1 aliphatic carbocycles. The lowest BCUT2D eigenvalue weighted by molar-refractivity contribution is -0.0223. The first-order valence-corrected chi connectivity index (χ1v) is 7.11. The van der Waals surface area contributed by atoms with Gasteiger partial charge in [0.2, 0.25) is 0 Å². The number of benzene rings is 1. The molecule has 0 heterocycles. The van der Waals surface area contributed by atoms with E-state index in [-0.39, 0.29) is 0 Å². The van der Waals surface area contributed by atoms with E-state index in [1.54, 1.807) is 0 Å². The third-order valence-corrected chi connectivity index (χ3v) is 3.97. The topological polar surface area (TPSA) is 23.5 Å². The van der Waals surface area contributed by atoms with Crippen molar-refractivity contribution in [1.29, 1.82) is 0 Å². The van der Waals surface area contributed by atoms with Gasteiger partial charge in [0, 0.05) is 18.1 Å². The van der Waals surface area contributed by atoms with Crippen LogP contribution < -0.4 is 0 Å². The van der Waals surface area contributed by atoms with Gasteiger partial charge in [-0.25, -0.2) is 0 Å². The minimum atomic E-state index is -0.473. The smallest absolute Gasteiger partial charge is 0.0774 e. The lowest BCUT2D eigenvalue weighted by Crippen LogP contribution is -2.42. The molecule has 0 bridgehead atoms. The molecule has 0 atom stereocenters. The molecule has 1 saturated carbocycles. The zero-order chi connectivity index (χ0) is 13.0. The molecule has 18 heavy (non-hydrogen) atoms. The molecule has 100 valence electrons. The van der Waals surface area contributed by atoms with Crippen LogP contribution in [0.4, 0.5) is 0 Å². The van der Waals surface area contributed by atoms with E-state index >= 15 is 0 Å². The molecule has 0 aromatic heterocycles. The highest BCUT2D eigenvalue weighted by molar-refractivity contribution is 6.30. The van der Waals surface area contributed by atoms with Crippen LogP contribution in [0.15, 0.2) is 24.3 Å². The highest BCUT2D eigenvalue weighted by Crippen LogP contribution is 2.28. The highest BCUT2D eigenvalue weighted by atomic mass is 35.5. The Kier molecular flexibility index (Phi) is 4.66. The molecule has 3 heteroatoms. The van der Waals surface area contributed by atoms with Crippen molar-refractivity contribution in [3.63, 3.8) is 0 Å². The normalized spacial score (nSPS) is 19.1. The van der Waals surface area contributed by atoms with E-state index in [0.29, 0.717) is 0 Å². The van der Waals surface area contributed by atoms with Crippen molar-refractivity contribution in [3.05, 3.63) is 34.9 Å². The lowest BCUT2D eigenvalue weighted by atomic mass is 9.84. The van der Waals surface area contributed by atoms with E-state index in [9.17, 15) is 5.11 Å². The van der Waals surface area contributed by atoms with Gasteiger partial charge in [0.05, 0.1) is 5.60 Å². The third-order valence-electron chi connectivity index (χ3n) is 3.71. The minimum absolute atomic E-state index is 0.473. The molecule has 0 unspecified atom stereocenters. The highest BCUT2D eigenvalue weighted by Gasteiger charge is 2.30. The van der Waals surface area contributed by atoms with Gasteiger partial charge < -0.3 is 5.11 Å². The summed E-state index contributed by atoms with van der Waals surface area (Å²) >= 11 is 5.87. The van der Waals surface area contributed by atoms with Gasteiger partial charge in [-0.2, -0.15) is 0 Å². The summed E-state index contributed by atoms with van der Waals surface area (Å²) in [6, 6.07) is 7.92. The average molecular weight is 268 g/mol. The van der Waals surface area contributed by atoms with E-state index in [2.05, 4.69) is 11.9 Å². The first-order chi connectivity index (χ1) is 8.57. The Hall–Kier alpha value is -0.570. The van der Waals surface area contributed by atoms with Gasteiger partial charge in [0.15, 0.2) is 0 Å². The molecule has 2 nitrogen and oxygen atoms in total. The molecule has 1 aromatic carbocycles. The van der Waals surface area contributed by atoms with Crippen LogP contribution in [-0.4, -0.2) is 29.2 Å². The number of likely N-dealkylation sites (N-methyl/N-ethyl adjacent to an activating group) is 1. The lowest BCUT2D eigenvalue weighted by Gasteiger charge is -2.35. The summed E-state index contributed by atoms with van der Waals surface area (Å²) < 4.78 is 0. The van der Waals surface area contributed by atoms with Crippen molar-refractivity contribution in [3.8, 4) is 0 Å². The molecule has 0 amide bonds. The summed E-state index contributed by atoms with van der Waals surface area (Å²) in [5.41, 5.74) is 0.765. The predicted octanol–water partition coefficient (Wildman–Crippen LogP) is 3.47. The summed E-state index contributed by atoms with van der Waals surface area (Å²) in [5, 5.41) is 11.3. The SMILES string of the molecule is CN(Cc1ccc(Cl)cc1)CC1(O)CCCCC1. The zero-order valence-corrected chi connectivity index (χ0v) is 11.8. The molecule has 1 aliphatic rings. The third kappa shape index (κ3) is 3.98. The van der Waals surface area contributed by atoms with E-state index in [1.165, 1.54) is 12.0 Å². The Labute approximate surface area is 115 Å². The molecular weight excluding hydrogens is 246 g/mol. The number of hydrogen-bond donors (Lipinski definition) is 1. The van der Waals surface area contributed by atoms with Gasteiger partial charge in [-0.05, 0) is 37.6 Å². The Balaban J connectivity index is 1.87. The van der Waals surface area contributed by atoms with Crippen LogP contribution in [0.25, 0.3) is 0 Å². The first kappa shape index (κ1) is 13.9. The minimum Gasteiger partial charge on any atom is -0.389 e. The van der Waals surface area contributed by atoms with Crippen LogP contribution in [-0.2, 0) is 6.54 Å². The maximum atomic E-state index is 10.5. The molecule has 0 radical (unpaired) electrons. The Bertz CT molecular complexity index is 371. The number of nitrogens with zero attached hydrogens (tertiary/aromatic N) is 1. The fourth-order valence-corrected chi connectivity index (χ4v) is 2.95. The van der Waals surface area contributed by atoms with Crippen LogP contribution in [0.2, 0.25) is 5.02 Å². The van der Waals surface area contributed by atoms with Crippen molar-refractivity contribution in [2.45, 2.75) is 44.2 Å². The molecule has 0 spiro atoms. The summed E-state index contributed by atoms with van der Waals surface area (Å²) in [6.45, 7) is 1.62. The zero-order valence-electron chi connectivity index (χ0n) is 11.0. The van der Waals surface area contributed by atoms with Crippen molar-refractivity contribution < 1.29 is 5.11 Å². The maximum Gasteiger partial charge on any atom is 0.0774 e. The number of rotatable bonds is 4. The summed E-state index contributed by atoms with van der Waals surface area (Å²) in [6.07, 6.45) is 5.47. The van der Waals surface area contributed by atoms with Gasteiger partial charge in [-0.15, -0.1) is 0 Å². The van der Waals surface area contributed by atoms with Gasteiger partial charge in [-0.3, -0.25) is 4.90 Å². The molecule has 2 rings (SSSR count). The quantitative estimate of drug-likeness (QED) is 0.903. The Morgan fingerprint density at radius 3 is 2.39 bits per heavy atom. The van der Waals surface area contributed by atoms with Crippen LogP contribution >= 0.6 is 11.6 Å². The molecule has 1 fully saturated rings. The van der Waals surface area contributed by atoms with Gasteiger partial charge in [-0.1, -0.05) is 43.0 Å². The van der Waals surface area contributed by atoms with E-state index < -0.39 is 5.60 Å². The van der Waals surface area contributed by atoms with Gasteiger partial charge in [0.25, 0.3) is 0 Å². The standard InChI is InChI=1S/C15H22ClNO/c1-17(11-13-5-7-14(16)8-6-13)12-15(18)9-3-2-4-10-15/h5-8,18H,2-4,9-12H2,1H3. The Morgan fingerprint density at radius 2 is 1.78 bits per heavy atom. The maximum absolute atomic E-state index is 10.5. The fraction of sp³-hybridized carbons (Fsp3) is 0.600. The predicted molar refractivity (Wildman–Crippen MR) is 75.8 cm³/mol. The van der Waals surface area contributed by atoms with Gasteiger partial charge in [0.1, 0.15) is 0 Å². The summed E-state index contributed by atoms with van der Waals surface area (Å²) in [4.78, 5) is 2.20. The largest absolute Gasteiger partial charge is 0.389 e. The molecule has 0 aliphatic heterocycles. The summed E-state index contributed by atoms with van der Waals surface area (Å²) in [5.74, 6) is 0. The van der Waals surface area contributed by atoms with Crippen LogP contribution in [0.3, 0.4) is 0 Å². The second-order valence-corrected chi connectivity index (χ2v) is 6.02. The van der Waals surface area contributed by atoms with E-state index in [1.807, 2.05) is 24.3 Å². The molecule has 1 N–H and O–H groups in total. The fourth-order valence-electron chi connectivity index (χ4n) is 2.83. The van der Waals surface area contributed by atoms with Crippen molar-refractivity contribution in [2.24, 2.45) is 0 Å². The van der Waals surface area contributed by atoms with Crippen LogP contribution in [0.1, 0.15) is 37.7 Å². The van der Waals surface area contributed by atoms with E-state index in [4.69, 9.17) is 11.6 Å².